The number of nitrogens with two attached hydrogens (primary N) is 1. The topological polar surface area (TPSA) is 233 Å². The highest BCUT2D eigenvalue weighted by Gasteiger charge is 2.41. The number of carboxylic acids is 1. The molecule has 23 heteroatoms. The molecule has 0 radical (unpaired) electrons. The smallest absolute Gasteiger partial charge is 0.344 e. The van der Waals surface area contributed by atoms with Crippen molar-refractivity contribution in [2.24, 2.45) is 5.73 Å². The van der Waals surface area contributed by atoms with Gasteiger partial charge in [0.1, 0.15) is 42.6 Å². The molecule has 3 unspecified atom stereocenters. The second-order valence-corrected chi connectivity index (χ2v) is 21.5. The van der Waals surface area contributed by atoms with Crippen LogP contribution in [0.2, 0.25) is 5.02 Å². The number of alkyl halides is 3. The lowest BCUT2D eigenvalue weighted by molar-refractivity contribution is -0.146. The number of hydrogen-bond donors (Lipinski definition) is 3. The van der Waals surface area contributed by atoms with Crippen molar-refractivity contribution in [3.8, 4) is 11.5 Å². The minimum absolute atomic E-state index is 0.000883. The Hall–Kier alpha value is -4.78. The first-order chi connectivity index (χ1) is 35.0. The monoisotopic (exact) mass is 1130 g/mol. The van der Waals surface area contributed by atoms with Gasteiger partial charge >= 0.3 is 11.9 Å². The lowest BCUT2D eigenvalue weighted by Gasteiger charge is -2.35. The molecule has 0 saturated heterocycles. The van der Waals surface area contributed by atoms with E-state index in [0.717, 1.165) is 72.0 Å². The number of hydrogen-bond acceptors (Lipinski definition) is 12. The summed E-state index contributed by atoms with van der Waals surface area (Å²) in [7, 11) is -3.10. The van der Waals surface area contributed by atoms with Crippen LogP contribution in [0.25, 0.3) is 0 Å². The number of unbranched alkanes of at least 4 members (excludes halogenated alkanes) is 2. The lowest BCUT2D eigenvalue weighted by atomic mass is 9.93. The number of carbonyl (C=O) groups is 6. The van der Waals surface area contributed by atoms with Crippen molar-refractivity contribution in [3.63, 3.8) is 0 Å². The van der Waals surface area contributed by atoms with E-state index in [9.17, 15) is 37.7 Å². The maximum atomic E-state index is 14.5. The summed E-state index contributed by atoms with van der Waals surface area (Å²) in [5.74, 6) is -3.34. The molecule has 408 valence electrons. The molecule has 6 rings (SSSR count). The first kappa shape index (κ1) is 63.5. The molecule has 0 spiro atoms. The van der Waals surface area contributed by atoms with Crippen LogP contribution < -0.4 is 29.9 Å². The highest BCUT2D eigenvalue weighted by molar-refractivity contribution is 7.57. The van der Waals surface area contributed by atoms with Gasteiger partial charge in [-0.25, -0.2) is 14.1 Å². The van der Waals surface area contributed by atoms with Crippen LogP contribution in [0.4, 0.5) is 21.5 Å². The molecular weight excluding hydrogens is 1070 g/mol. The van der Waals surface area contributed by atoms with Crippen LogP contribution in [0.15, 0.2) is 65.7 Å². The molecule has 74 heavy (non-hydrogen) atoms. The van der Waals surface area contributed by atoms with Crippen LogP contribution >= 0.6 is 53.8 Å². The molecule has 3 aliphatic rings. The van der Waals surface area contributed by atoms with E-state index in [1.54, 1.807) is 9.80 Å². The summed E-state index contributed by atoms with van der Waals surface area (Å²) < 4.78 is 46.5. The van der Waals surface area contributed by atoms with Crippen molar-refractivity contribution in [2.75, 3.05) is 66.6 Å². The zero-order valence-electron chi connectivity index (χ0n) is 42.4. The minimum Gasteiger partial charge on any atom is -0.489 e. The Kier molecular flexibility index (Phi) is 26.9. The standard InChI is InChI=1S/C21H23ClFNO5.C14H20ClNO2.C11H11Cl2NO2.C5H12NO4P/c1-2-3-6-9-28-19(25)12-29-18-11-17(16(23)10-15(18)22)24-20(26)13-7-4-5-8-14(13)21(24)27;1-4-12-8-6-7-11(3)14(12)16(10-18-5-2)13(17)9-15;1-7-6-16-9-5-3-2-4-8(9)14(7)11(15)10(12)13;1-11(9,10)3-2-4(6)5(7)8/h10-11H,2-9,12H2,1H3;6-8H,4-5,9-10H2,1-3H3;2-5,7,10H,6H2,1H3;4H,2-3,6H2,1H3,(H,7,8)(H,9,10). The van der Waals surface area contributed by atoms with Gasteiger partial charge in [0.25, 0.3) is 17.7 Å². The van der Waals surface area contributed by atoms with E-state index < -0.39 is 54.4 Å². The van der Waals surface area contributed by atoms with Gasteiger partial charge in [0.15, 0.2) is 18.8 Å². The number of amides is 4. The third-order valence-electron chi connectivity index (χ3n) is 11.4. The van der Waals surface area contributed by atoms with Gasteiger partial charge in [-0.05, 0) is 95.0 Å². The number of esters is 1. The fourth-order valence-corrected chi connectivity index (χ4v) is 8.94. The summed E-state index contributed by atoms with van der Waals surface area (Å²) in [5.41, 5.74) is 9.61. The zero-order chi connectivity index (χ0) is 55.3. The molecule has 0 aromatic heterocycles. The third-order valence-corrected chi connectivity index (χ3v) is 13.4. The first-order valence-corrected chi connectivity index (χ1v) is 28.1. The number of halogens is 5. The van der Waals surface area contributed by atoms with E-state index >= 15 is 0 Å². The fourth-order valence-electron chi connectivity index (χ4n) is 7.63. The predicted molar refractivity (Wildman–Crippen MR) is 286 cm³/mol. The largest absolute Gasteiger partial charge is 0.489 e. The maximum Gasteiger partial charge on any atom is 0.344 e. The molecule has 0 fully saturated rings. The maximum absolute atomic E-state index is 14.5. The fraction of sp³-hybridized carbons (Fsp3) is 0.490. The molecule has 0 saturated carbocycles. The van der Waals surface area contributed by atoms with Gasteiger partial charge in [0.05, 0.1) is 34.7 Å². The third kappa shape index (κ3) is 18.8. The van der Waals surface area contributed by atoms with E-state index in [-0.39, 0.29) is 59.5 Å². The van der Waals surface area contributed by atoms with Gasteiger partial charge < -0.3 is 39.6 Å². The van der Waals surface area contributed by atoms with Gasteiger partial charge in [0, 0.05) is 36.6 Å². The molecule has 4 amide bonds. The Labute approximate surface area is 451 Å². The van der Waals surface area contributed by atoms with Crippen molar-refractivity contribution in [2.45, 2.75) is 109 Å². The summed E-state index contributed by atoms with van der Waals surface area (Å²) in [6.45, 7) is 12.2. The molecule has 17 nitrogen and oxygen atoms in total. The second-order valence-electron chi connectivity index (χ2n) is 17.2. The number of anilines is 3. The molecule has 4 N–H and O–H groups in total. The Bertz CT molecular complexity index is 2480. The van der Waals surface area contributed by atoms with Crippen LogP contribution in [-0.2, 0) is 49.2 Å². The van der Waals surface area contributed by atoms with Gasteiger partial charge in [0.2, 0.25) is 5.91 Å². The Morgan fingerprint density at radius 3 is 2.20 bits per heavy atom. The van der Waals surface area contributed by atoms with Gasteiger partial charge in [-0.2, -0.15) is 0 Å². The molecule has 1 aliphatic carbocycles. The highest BCUT2D eigenvalue weighted by atomic mass is 35.5. The molecule has 3 aromatic rings. The average Bonchev–Trinajstić information content (AvgIpc) is 3.62. The van der Waals surface area contributed by atoms with Crippen LogP contribution in [0.1, 0.15) is 90.2 Å². The minimum atomic E-state index is -3.10. The number of ether oxygens (including phenoxy) is 4. The van der Waals surface area contributed by atoms with Gasteiger partial charge in [-0.3, -0.25) is 33.4 Å². The summed E-state index contributed by atoms with van der Waals surface area (Å²) in [6, 6.07) is 14.4. The van der Waals surface area contributed by atoms with E-state index in [4.69, 9.17) is 81.1 Å². The number of benzene rings is 3. The number of fused-ring (bicyclic) bond motifs is 1. The predicted octanol–water partition coefficient (Wildman–Crippen LogP) is 9.75. The van der Waals surface area contributed by atoms with E-state index in [1.165, 1.54) is 12.7 Å². The SMILES string of the molecule is CC1COc2ccccc2N1C(=O)C(Cl)Cl.CCCCCOC(=O)COc1cc(N2C(=O)C3=C(CCCC3)C2=O)c(F)cc1Cl.CCOCN(C(=O)CCl)c1c(C)cccc1CC.CP(=O)(O)CCC(N)C(=O)O. The Morgan fingerprint density at radius 1 is 0.986 bits per heavy atom. The lowest BCUT2D eigenvalue weighted by Crippen LogP contribution is -2.47. The van der Waals surface area contributed by atoms with Crippen LogP contribution in [0.3, 0.4) is 0 Å². The molecule has 3 aromatic carbocycles. The average molecular weight is 1130 g/mol. The highest BCUT2D eigenvalue weighted by Crippen LogP contribution is 2.40. The van der Waals surface area contributed by atoms with Crippen molar-refractivity contribution in [1.82, 2.24) is 0 Å². The van der Waals surface area contributed by atoms with Crippen molar-refractivity contribution in [3.05, 3.63) is 87.7 Å². The van der Waals surface area contributed by atoms with Crippen molar-refractivity contribution in [1.29, 1.82) is 0 Å². The molecule has 2 aliphatic heterocycles. The second kappa shape index (κ2) is 31.3. The number of rotatable bonds is 19. The number of para-hydroxylation sites is 3. The Morgan fingerprint density at radius 2 is 1.64 bits per heavy atom. The quantitative estimate of drug-likeness (QED) is 0.0253. The molecule has 0 bridgehead atoms. The zero-order valence-corrected chi connectivity index (χ0v) is 46.3. The van der Waals surface area contributed by atoms with Crippen LogP contribution in [-0.4, -0.2) is 114 Å². The number of aliphatic carboxylic acids is 1. The summed E-state index contributed by atoms with van der Waals surface area (Å²) in [5, 5.41) is 8.21. The normalized spacial score (nSPS) is 15.9. The Balaban J connectivity index is 0.000000278. The van der Waals surface area contributed by atoms with Gasteiger partial charge in [-0.1, -0.05) is 91.8 Å². The summed E-state index contributed by atoms with van der Waals surface area (Å²) >= 11 is 22.9. The van der Waals surface area contributed by atoms with Crippen molar-refractivity contribution < 1.29 is 66.7 Å². The number of aryl methyl sites for hydroxylation is 2. The number of carboxylic acid groups (broad SMARTS) is 1. The number of nitrogens with zero attached hydrogens (tertiary/aromatic N) is 3. The molecule has 2 heterocycles. The number of imide groups is 1. The number of carbonyl (C=O) groups excluding carboxylic acids is 5. The van der Waals surface area contributed by atoms with E-state index in [2.05, 4.69) is 6.92 Å². The van der Waals surface area contributed by atoms with E-state index in [1.807, 2.05) is 70.2 Å². The summed E-state index contributed by atoms with van der Waals surface area (Å²) in [4.78, 5) is 82.8. The molecule has 3 atom stereocenters. The van der Waals surface area contributed by atoms with Crippen LogP contribution in [0.5, 0.6) is 11.5 Å². The van der Waals surface area contributed by atoms with Gasteiger partial charge in [-0.15, -0.1) is 11.6 Å². The van der Waals surface area contributed by atoms with Crippen LogP contribution in [0, 0.1) is 12.7 Å². The van der Waals surface area contributed by atoms with Crippen molar-refractivity contribution >= 4 is 106 Å². The van der Waals surface area contributed by atoms with E-state index in [0.29, 0.717) is 49.6 Å². The molecular formula is C51H66Cl4FN4O13P. The first-order valence-electron chi connectivity index (χ1n) is 24.0. The summed E-state index contributed by atoms with van der Waals surface area (Å²) in [6.07, 6.45) is 6.27.